The van der Waals surface area contributed by atoms with Crippen molar-refractivity contribution in [3.63, 3.8) is 0 Å². The second-order valence-corrected chi connectivity index (χ2v) is 4.96. The first kappa shape index (κ1) is 15.6. The second kappa shape index (κ2) is 6.08. The first-order valence-corrected chi connectivity index (χ1v) is 6.96. The van der Waals surface area contributed by atoms with Gasteiger partial charge in [0.05, 0.1) is 16.6 Å². The Morgan fingerprint density at radius 3 is 2.71 bits per heavy atom. The zero-order valence-electron chi connectivity index (χ0n) is 12.9. The summed E-state index contributed by atoms with van der Waals surface area (Å²) in [6, 6.07) is 2.84. The van der Waals surface area contributed by atoms with Crippen LogP contribution in [0.4, 0.5) is 0 Å². The number of methoxy groups -OCH3 is 1. The van der Waals surface area contributed by atoms with Crippen LogP contribution in [0.3, 0.4) is 0 Å². The molecule has 0 spiro atoms. The number of aromatic amines is 1. The highest BCUT2D eigenvalue weighted by Gasteiger charge is 2.17. The van der Waals surface area contributed by atoms with Crippen molar-refractivity contribution < 1.29 is 9.53 Å². The Morgan fingerprint density at radius 2 is 2.04 bits per heavy atom. The summed E-state index contributed by atoms with van der Waals surface area (Å²) in [5, 5.41) is 3.05. The van der Waals surface area contributed by atoms with Crippen LogP contribution in [0.2, 0.25) is 0 Å². The number of fused-ring (bicyclic) bond motifs is 1. The van der Waals surface area contributed by atoms with Crippen molar-refractivity contribution in [3.05, 3.63) is 50.9 Å². The molecule has 24 heavy (non-hydrogen) atoms. The fourth-order valence-electron chi connectivity index (χ4n) is 2.35. The quantitative estimate of drug-likeness (QED) is 0.651. The van der Waals surface area contributed by atoms with Crippen molar-refractivity contribution in [1.29, 1.82) is 0 Å². The SMILES string of the molecule is COCC(=O)Nn1c(C)c2c(=O)n(-c3ncccn3)[nH]c2cc1=O. The van der Waals surface area contributed by atoms with Crippen LogP contribution < -0.4 is 16.5 Å². The van der Waals surface area contributed by atoms with E-state index in [9.17, 15) is 14.4 Å². The number of nitrogens with one attached hydrogen (secondary N) is 2. The molecule has 3 aromatic heterocycles. The number of hydrogen-bond acceptors (Lipinski definition) is 6. The van der Waals surface area contributed by atoms with Crippen LogP contribution in [0.25, 0.3) is 16.9 Å². The predicted octanol–water partition coefficient (Wildman–Crippen LogP) is -0.705. The fraction of sp³-hybridized carbons (Fsp3) is 0.214. The maximum Gasteiger partial charge on any atom is 0.283 e. The molecular formula is C14H14N6O4. The molecule has 0 aromatic carbocycles. The lowest BCUT2D eigenvalue weighted by molar-refractivity contribution is -0.120. The number of carbonyl (C=O) groups excluding carboxylic acids is 1. The lowest BCUT2D eigenvalue weighted by Gasteiger charge is -2.10. The zero-order chi connectivity index (χ0) is 17.3. The number of aromatic nitrogens is 5. The lowest BCUT2D eigenvalue weighted by Crippen LogP contribution is -2.36. The molecule has 0 saturated carbocycles. The third-order valence-corrected chi connectivity index (χ3v) is 3.37. The van der Waals surface area contributed by atoms with E-state index in [-0.39, 0.29) is 23.6 Å². The van der Waals surface area contributed by atoms with E-state index >= 15 is 0 Å². The molecule has 0 atom stereocenters. The normalized spacial score (nSPS) is 10.9. The van der Waals surface area contributed by atoms with Crippen LogP contribution in [-0.4, -0.2) is 44.0 Å². The number of pyridine rings is 1. The maximum absolute atomic E-state index is 12.6. The molecule has 10 nitrogen and oxygen atoms in total. The van der Waals surface area contributed by atoms with E-state index in [4.69, 9.17) is 4.74 Å². The molecule has 124 valence electrons. The average Bonchev–Trinajstić information content (AvgIpc) is 2.89. The minimum absolute atomic E-state index is 0.153. The van der Waals surface area contributed by atoms with Gasteiger partial charge in [0, 0.05) is 25.6 Å². The van der Waals surface area contributed by atoms with Crippen LogP contribution in [0.15, 0.2) is 34.1 Å². The number of rotatable bonds is 4. The number of aryl methyl sites for hydroxylation is 1. The summed E-state index contributed by atoms with van der Waals surface area (Å²) < 4.78 is 6.86. The molecule has 0 aliphatic heterocycles. The Labute approximate surface area is 134 Å². The molecule has 1 amide bonds. The summed E-state index contributed by atoms with van der Waals surface area (Å²) in [4.78, 5) is 44.5. The number of amides is 1. The van der Waals surface area contributed by atoms with Crippen molar-refractivity contribution in [2.45, 2.75) is 6.92 Å². The van der Waals surface area contributed by atoms with E-state index in [0.29, 0.717) is 5.52 Å². The monoisotopic (exact) mass is 330 g/mol. The Kier molecular flexibility index (Phi) is 3.96. The van der Waals surface area contributed by atoms with Crippen LogP contribution >= 0.6 is 0 Å². The van der Waals surface area contributed by atoms with Gasteiger partial charge in [-0.05, 0) is 13.0 Å². The van der Waals surface area contributed by atoms with Crippen LogP contribution in [0.1, 0.15) is 5.69 Å². The standard InChI is InChI=1S/C14H14N6O4/c1-8-12-9(6-11(22)19(8)18-10(21)7-24-2)17-20(13(12)23)14-15-4-3-5-16-14/h3-6,17H,7H2,1-2H3,(H,18,21). The van der Waals surface area contributed by atoms with Crippen LogP contribution in [-0.2, 0) is 9.53 Å². The Balaban J connectivity index is 2.19. The second-order valence-electron chi connectivity index (χ2n) is 4.96. The van der Waals surface area contributed by atoms with Crippen molar-refractivity contribution in [2.75, 3.05) is 19.1 Å². The summed E-state index contributed by atoms with van der Waals surface area (Å²) in [7, 11) is 1.36. The van der Waals surface area contributed by atoms with Crippen molar-refractivity contribution >= 4 is 16.8 Å². The largest absolute Gasteiger partial charge is 0.375 e. The van der Waals surface area contributed by atoms with Gasteiger partial charge in [0.25, 0.3) is 23.0 Å². The summed E-state index contributed by atoms with van der Waals surface area (Å²) in [5.41, 5.74) is 2.09. The van der Waals surface area contributed by atoms with E-state index in [1.165, 1.54) is 25.6 Å². The van der Waals surface area contributed by atoms with Crippen LogP contribution in [0.5, 0.6) is 0 Å². The molecule has 10 heteroatoms. The van der Waals surface area contributed by atoms with Gasteiger partial charge in [0.15, 0.2) is 0 Å². The summed E-state index contributed by atoms with van der Waals surface area (Å²) in [6.45, 7) is 1.35. The minimum atomic E-state index is -0.510. The van der Waals surface area contributed by atoms with Gasteiger partial charge in [-0.15, -0.1) is 0 Å². The summed E-state index contributed by atoms with van der Waals surface area (Å²) in [6.07, 6.45) is 2.99. The molecule has 3 heterocycles. The van der Waals surface area contributed by atoms with E-state index < -0.39 is 17.0 Å². The number of H-pyrrole nitrogens is 1. The van der Waals surface area contributed by atoms with Gasteiger partial charge in [-0.2, -0.15) is 4.68 Å². The first-order chi connectivity index (χ1) is 11.5. The topological polar surface area (TPSA) is 124 Å². The molecule has 3 aromatic rings. The molecule has 2 N–H and O–H groups in total. The Hall–Kier alpha value is -3.27. The van der Waals surface area contributed by atoms with Gasteiger partial charge in [-0.25, -0.2) is 14.6 Å². The first-order valence-electron chi connectivity index (χ1n) is 6.96. The highest BCUT2D eigenvalue weighted by atomic mass is 16.5. The van der Waals surface area contributed by atoms with Crippen molar-refractivity contribution in [1.82, 2.24) is 24.4 Å². The van der Waals surface area contributed by atoms with Gasteiger partial charge >= 0.3 is 0 Å². The predicted molar refractivity (Wildman–Crippen MR) is 84.7 cm³/mol. The average molecular weight is 330 g/mol. The molecule has 0 saturated heterocycles. The smallest absolute Gasteiger partial charge is 0.283 e. The molecule has 0 aliphatic carbocycles. The van der Waals surface area contributed by atoms with E-state index in [1.807, 2.05) is 0 Å². The van der Waals surface area contributed by atoms with E-state index in [1.54, 1.807) is 13.0 Å². The Bertz CT molecular complexity index is 1020. The molecule has 0 radical (unpaired) electrons. The molecule has 0 fully saturated rings. The molecule has 0 aliphatic rings. The van der Waals surface area contributed by atoms with Gasteiger partial charge < -0.3 is 4.74 Å². The van der Waals surface area contributed by atoms with Gasteiger partial charge in [0.1, 0.15) is 6.61 Å². The van der Waals surface area contributed by atoms with Crippen molar-refractivity contribution in [3.8, 4) is 5.95 Å². The van der Waals surface area contributed by atoms with Crippen LogP contribution in [0, 0.1) is 6.92 Å². The number of ether oxygens (including phenoxy) is 1. The molecular weight excluding hydrogens is 316 g/mol. The summed E-state index contributed by atoms with van der Waals surface area (Å²) >= 11 is 0. The zero-order valence-corrected chi connectivity index (χ0v) is 12.9. The van der Waals surface area contributed by atoms with Crippen molar-refractivity contribution in [2.24, 2.45) is 0 Å². The number of nitrogens with zero attached hydrogens (tertiary/aromatic N) is 4. The third-order valence-electron chi connectivity index (χ3n) is 3.37. The van der Waals surface area contributed by atoms with E-state index in [2.05, 4.69) is 20.5 Å². The summed E-state index contributed by atoms with van der Waals surface area (Å²) in [5.74, 6) is -0.357. The lowest BCUT2D eigenvalue weighted by atomic mass is 10.2. The van der Waals surface area contributed by atoms with Gasteiger partial charge in [-0.1, -0.05) is 0 Å². The highest BCUT2D eigenvalue weighted by molar-refractivity contribution is 5.86. The maximum atomic E-state index is 12.6. The van der Waals surface area contributed by atoms with E-state index in [0.717, 1.165) is 9.36 Å². The molecule has 3 rings (SSSR count). The molecule has 0 bridgehead atoms. The molecule has 0 unspecified atom stereocenters. The number of hydrogen-bond donors (Lipinski definition) is 2. The third kappa shape index (κ3) is 2.58. The number of carbonyl (C=O) groups is 1. The van der Waals surface area contributed by atoms with Gasteiger partial charge in [0.2, 0.25) is 0 Å². The minimum Gasteiger partial charge on any atom is -0.375 e. The Morgan fingerprint density at radius 1 is 1.33 bits per heavy atom. The highest BCUT2D eigenvalue weighted by Crippen LogP contribution is 2.10. The van der Waals surface area contributed by atoms with Gasteiger partial charge in [-0.3, -0.25) is 24.9 Å². The fourth-order valence-corrected chi connectivity index (χ4v) is 2.35.